The van der Waals surface area contributed by atoms with Gasteiger partial charge < -0.3 is 15.2 Å². The van der Waals surface area contributed by atoms with E-state index in [4.69, 9.17) is 4.74 Å². The van der Waals surface area contributed by atoms with Crippen molar-refractivity contribution in [2.45, 2.75) is 26.4 Å². The van der Waals surface area contributed by atoms with Crippen LogP contribution in [-0.4, -0.2) is 29.2 Å². The lowest BCUT2D eigenvalue weighted by Gasteiger charge is -2.14. The molecule has 6 heteroatoms. The first-order valence-electron chi connectivity index (χ1n) is 7.63. The van der Waals surface area contributed by atoms with Gasteiger partial charge in [0.1, 0.15) is 6.61 Å². The van der Waals surface area contributed by atoms with E-state index in [1.54, 1.807) is 0 Å². The highest BCUT2D eigenvalue weighted by Crippen LogP contribution is 2.15. The molecule has 1 aliphatic rings. The second kappa shape index (κ2) is 8.10. The van der Waals surface area contributed by atoms with Crippen LogP contribution in [-0.2, 0) is 25.7 Å². The lowest BCUT2D eigenvalue weighted by molar-refractivity contribution is -0.145. The smallest absolute Gasteiger partial charge is 0.306 e. The quantitative estimate of drug-likeness (QED) is 0.451. The van der Waals surface area contributed by atoms with E-state index in [1.807, 2.05) is 30.3 Å². The van der Waals surface area contributed by atoms with Gasteiger partial charge >= 0.3 is 5.97 Å². The van der Waals surface area contributed by atoms with Crippen LogP contribution in [0.5, 0.6) is 0 Å². The van der Waals surface area contributed by atoms with Gasteiger partial charge in [0.05, 0.1) is 5.70 Å². The van der Waals surface area contributed by atoms with E-state index in [0.717, 1.165) is 11.6 Å². The third kappa shape index (κ3) is 4.55. The Hall–Kier alpha value is -2.89. The van der Waals surface area contributed by atoms with Crippen molar-refractivity contribution in [2.24, 2.45) is 0 Å². The third-order valence-electron chi connectivity index (χ3n) is 3.57. The number of aliphatic hydroxyl groups is 1. The first kappa shape index (κ1) is 17.5. The van der Waals surface area contributed by atoms with Gasteiger partial charge in [0.2, 0.25) is 11.6 Å². The molecule has 0 atom stereocenters. The van der Waals surface area contributed by atoms with Crippen molar-refractivity contribution >= 4 is 17.5 Å². The Bertz CT molecular complexity index is 703. The second-order valence-electron chi connectivity index (χ2n) is 5.40. The number of esters is 1. The van der Waals surface area contributed by atoms with Crippen molar-refractivity contribution in [1.29, 1.82) is 0 Å². The molecule has 0 saturated carbocycles. The number of rotatable bonds is 7. The van der Waals surface area contributed by atoms with Crippen molar-refractivity contribution in [2.75, 3.05) is 6.54 Å². The minimum absolute atomic E-state index is 0.0206. The molecule has 0 unspecified atom stereocenters. The summed E-state index contributed by atoms with van der Waals surface area (Å²) in [5, 5.41) is 12.2. The number of carbonyl (C=O) groups excluding carboxylic acids is 3. The Morgan fingerprint density at radius 3 is 2.62 bits per heavy atom. The molecule has 0 radical (unpaired) electrons. The molecule has 1 aromatic rings. The lowest BCUT2D eigenvalue weighted by Crippen LogP contribution is -2.28. The summed E-state index contributed by atoms with van der Waals surface area (Å²) in [5.74, 6) is -1.86. The minimum atomic E-state index is -0.600. The lowest BCUT2D eigenvalue weighted by atomic mass is 10.00. The predicted molar refractivity (Wildman–Crippen MR) is 86.9 cm³/mol. The highest BCUT2D eigenvalue weighted by atomic mass is 16.5. The van der Waals surface area contributed by atoms with E-state index >= 15 is 0 Å². The van der Waals surface area contributed by atoms with Gasteiger partial charge in [-0.25, -0.2) is 0 Å². The van der Waals surface area contributed by atoms with Gasteiger partial charge in [0, 0.05) is 24.6 Å². The molecule has 0 bridgehead atoms. The largest absolute Gasteiger partial charge is 0.504 e. The first-order chi connectivity index (χ1) is 11.5. The van der Waals surface area contributed by atoms with Crippen LogP contribution in [0.25, 0.3) is 0 Å². The van der Waals surface area contributed by atoms with Crippen molar-refractivity contribution in [3.05, 3.63) is 59.0 Å². The predicted octanol–water partition coefficient (Wildman–Crippen LogP) is 1.97. The molecular formula is C18H19NO5. The fraction of sp³-hybridized carbons (Fsp3) is 0.278. The number of carbonyl (C=O) groups is 3. The molecule has 1 aromatic carbocycles. The van der Waals surface area contributed by atoms with Crippen LogP contribution >= 0.6 is 0 Å². The Balaban J connectivity index is 1.70. The summed E-state index contributed by atoms with van der Waals surface area (Å²) < 4.78 is 5.15. The molecule has 2 rings (SSSR count). The summed E-state index contributed by atoms with van der Waals surface area (Å²) in [6.07, 6.45) is 1.73. The van der Waals surface area contributed by atoms with Gasteiger partial charge in [-0.15, -0.1) is 0 Å². The SMILES string of the molecule is CC1=C(O)C(=O)C=C(NCCCC(=O)OCc2ccccc2)C1=O. The van der Waals surface area contributed by atoms with Crippen molar-refractivity contribution < 1.29 is 24.2 Å². The number of aliphatic hydroxyl groups excluding tert-OH is 1. The summed E-state index contributed by atoms with van der Waals surface area (Å²) in [6, 6.07) is 9.38. The maximum atomic E-state index is 11.9. The fourth-order valence-electron chi connectivity index (χ4n) is 2.16. The van der Waals surface area contributed by atoms with Crippen LogP contribution in [0.3, 0.4) is 0 Å². The Labute approximate surface area is 139 Å². The number of ketones is 2. The van der Waals surface area contributed by atoms with Gasteiger partial charge in [-0.05, 0) is 18.9 Å². The molecule has 0 fully saturated rings. The van der Waals surface area contributed by atoms with Crippen LogP contribution in [0.1, 0.15) is 25.3 Å². The average Bonchev–Trinajstić information content (AvgIpc) is 2.60. The zero-order valence-electron chi connectivity index (χ0n) is 13.4. The van der Waals surface area contributed by atoms with Crippen LogP contribution in [0.2, 0.25) is 0 Å². The van der Waals surface area contributed by atoms with Crippen molar-refractivity contribution in [3.63, 3.8) is 0 Å². The fourth-order valence-corrected chi connectivity index (χ4v) is 2.16. The average molecular weight is 329 g/mol. The number of allylic oxidation sites excluding steroid dienone is 2. The molecule has 0 aliphatic heterocycles. The Kier molecular flexibility index (Phi) is 5.89. The topological polar surface area (TPSA) is 92.7 Å². The molecule has 0 saturated heterocycles. The molecule has 1 aliphatic carbocycles. The minimum Gasteiger partial charge on any atom is -0.504 e. The highest BCUT2D eigenvalue weighted by molar-refractivity contribution is 6.21. The molecular weight excluding hydrogens is 310 g/mol. The van der Waals surface area contributed by atoms with E-state index in [1.165, 1.54) is 6.92 Å². The molecule has 0 heterocycles. The molecule has 2 N–H and O–H groups in total. The number of Topliss-reactive ketones (excluding diaryl/α,β-unsaturated/α-hetero) is 1. The maximum Gasteiger partial charge on any atom is 0.306 e. The normalized spacial score (nSPS) is 14.5. The van der Waals surface area contributed by atoms with E-state index in [9.17, 15) is 19.5 Å². The van der Waals surface area contributed by atoms with Crippen LogP contribution in [0.15, 0.2) is 53.4 Å². The number of ether oxygens (including phenoxy) is 1. The van der Waals surface area contributed by atoms with Crippen LogP contribution in [0.4, 0.5) is 0 Å². The molecule has 6 nitrogen and oxygen atoms in total. The standard InChI is InChI=1S/C18H19NO5/c1-12-17(22)14(10-15(20)18(12)23)19-9-5-8-16(21)24-11-13-6-3-2-4-7-13/h2-4,6-7,10,19,23H,5,8-9,11H2,1H3. The van der Waals surface area contributed by atoms with Crippen LogP contribution in [0, 0.1) is 0 Å². The van der Waals surface area contributed by atoms with E-state index in [2.05, 4.69) is 5.32 Å². The van der Waals surface area contributed by atoms with Gasteiger partial charge in [0.25, 0.3) is 0 Å². The summed E-state index contributed by atoms with van der Waals surface area (Å²) in [5.41, 5.74) is 1.07. The summed E-state index contributed by atoms with van der Waals surface area (Å²) in [7, 11) is 0. The monoisotopic (exact) mass is 329 g/mol. The van der Waals surface area contributed by atoms with E-state index < -0.39 is 17.3 Å². The molecule has 0 spiro atoms. The van der Waals surface area contributed by atoms with Gasteiger partial charge in [-0.1, -0.05) is 30.3 Å². The van der Waals surface area contributed by atoms with E-state index in [0.29, 0.717) is 13.0 Å². The van der Waals surface area contributed by atoms with Crippen LogP contribution < -0.4 is 5.32 Å². The Morgan fingerprint density at radius 2 is 1.92 bits per heavy atom. The number of hydrogen-bond acceptors (Lipinski definition) is 6. The van der Waals surface area contributed by atoms with Crippen molar-refractivity contribution in [1.82, 2.24) is 5.32 Å². The van der Waals surface area contributed by atoms with E-state index in [-0.39, 0.29) is 30.3 Å². The first-order valence-corrected chi connectivity index (χ1v) is 7.63. The van der Waals surface area contributed by atoms with Crippen molar-refractivity contribution in [3.8, 4) is 0 Å². The third-order valence-corrected chi connectivity index (χ3v) is 3.57. The second-order valence-corrected chi connectivity index (χ2v) is 5.40. The molecule has 0 amide bonds. The zero-order chi connectivity index (χ0) is 17.5. The number of hydrogen-bond donors (Lipinski definition) is 2. The van der Waals surface area contributed by atoms with Gasteiger partial charge in [-0.3, -0.25) is 14.4 Å². The number of nitrogens with one attached hydrogen (secondary N) is 1. The van der Waals surface area contributed by atoms with Gasteiger partial charge in [0.15, 0.2) is 5.76 Å². The molecule has 126 valence electrons. The maximum absolute atomic E-state index is 11.9. The Morgan fingerprint density at radius 1 is 1.21 bits per heavy atom. The highest BCUT2D eigenvalue weighted by Gasteiger charge is 2.25. The summed E-state index contributed by atoms with van der Waals surface area (Å²) in [6.45, 7) is 1.97. The summed E-state index contributed by atoms with van der Waals surface area (Å²) in [4.78, 5) is 35.0. The molecule has 0 aromatic heterocycles. The van der Waals surface area contributed by atoms with Gasteiger partial charge in [-0.2, -0.15) is 0 Å². The zero-order valence-corrected chi connectivity index (χ0v) is 13.4. The number of benzene rings is 1. The molecule has 24 heavy (non-hydrogen) atoms. The summed E-state index contributed by atoms with van der Waals surface area (Å²) >= 11 is 0.